The van der Waals surface area contributed by atoms with Gasteiger partial charge in [0, 0.05) is 0 Å². The Morgan fingerprint density at radius 3 is 0.968 bits per heavy atom. The predicted molar refractivity (Wildman–Crippen MR) is 257 cm³/mol. The number of benzene rings is 7. The Hall–Kier alpha value is -5.89. The Kier molecular flexibility index (Phi) is 15.0. The van der Waals surface area contributed by atoms with Crippen molar-refractivity contribution >= 4 is 14.2 Å². The number of hydrogen-bond donors (Lipinski definition) is 1. The van der Waals surface area contributed by atoms with Crippen LogP contribution in [-0.4, -0.2) is 47.4 Å². The molecule has 0 aromatic heterocycles. The number of hydrogen-bond acceptors (Lipinski definition) is 7. The first kappa shape index (κ1) is 45.1. The second-order valence-corrected chi connectivity index (χ2v) is 21.5. The Bertz CT molecular complexity index is 2130. The van der Waals surface area contributed by atoms with Gasteiger partial charge in [-0.3, -0.25) is 0 Å². The summed E-state index contributed by atoms with van der Waals surface area (Å²) >= 11 is 0. The molecule has 0 saturated heterocycles. The fraction of sp³-hybridized carbons (Fsp3) is 0.222. The third-order valence-corrected chi connectivity index (χ3v) is 17.5. The molecule has 0 fully saturated rings. The topological polar surface area (TPSA) is 75.6 Å². The van der Waals surface area contributed by atoms with Crippen LogP contribution in [0.25, 0.3) is 0 Å². The van der Waals surface area contributed by atoms with Gasteiger partial charge >= 0.3 is 375 Å². The SMILES string of the molecule is COc1ccc(CP(Cc2ccc(OC)cc2)(Cc2ccc(OC)cc2)(Cc2ccc(OC)cc2)OB(O)OCCCC(c2ccccc2)(c2ccccc2)c2ccccc2)cc1. The van der Waals surface area contributed by atoms with E-state index in [1.165, 1.54) is 16.7 Å². The van der Waals surface area contributed by atoms with E-state index in [-0.39, 0.29) is 6.61 Å². The minimum absolute atomic E-state index is 0.262. The first-order valence-corrected chi connectivity index (χ1v) is 24.3. The third-order valence-electron chi connectivity index (χ3n) is 12.1. The van der Waals surface area contributed by atoms with E-state index in [1.54, 1.807) is 28.4 Å². The van der Waals surface area contributed by atoms with E-state index in [2.05, 4.69) is 140 Å². The number of rotatable bonds is 22. The summed E-state index contributed by atoms with van der Waals surface area (Å²) in [5.74, 6) is 3.06. The molecule has 7 rings (SSSR count). The zero-order chi connectivity index (χ0) is 44.0. The van der Waals surface area contributed by atoms with E-state index < -0.39 is 19.6 Å². The molecule has 7 aromatic carbocycles. The van der Waals surface area contributed by atoms with Crippen LogP contribution in [0.2, 0.25) is 0 Å². The molecule has 0 heterocycles. The van der Waals surface area contributed by atoms with Crippen molar-refractivity contribution in [3.63, 3.8) is 0 Å². The van der Waals surface area contributed by atoms with E-state index in [4.69, 9.17) is 28.0 Å². The van der Waals surface area contributed by atoms with Gasteiger partial charge in [0.1, 0.15) is 0 Å². The van der Waals surface area contributed by atoms with Crippen molar-refractivity contribution in [2.45, 2.75) is 42.9 Å². The standard InChI is InChI=1S/C54H58BO7P/c1-57-50-29-21-43(22-30-50)39-63(40-44-23-31-51(58-2)32-24-44,41-45-25-33-52(59-3)34-26-45,42-46-27-35-53(60-4)36-28-46)62-55(56)61-38-14-37-54(47-15-8-5-9-16-47,48-17-10-6-11-18-48)49-19-12-7-13-20-49/h5-13,15-36,56H,14,37-42H2,1-4H3. The Morgan fingerprint density at radius 2 is 0.698 bits per heavy atom. The van der Waals surface area contributed by atoms with Gasteiger partial charge in [-0.15, -0.1) is 0 Å². The molecular weight excluding hydrogens is 802 g/mol. The molecule has 1 N–H and O–H groups in total. The van der Waals surface area contributed by atoms with Crippen LogP contribution in [0.15, 0.2) is 188 Å². The molecular formula is C54H58BO7P. The van der Waals surface area contributed by atoms with Gasteiger partial charge in [-0.1, -0.05) is 0 Å². The molecule has 0 radical (unpaired) electrons. The third kappa shape index (κ3) is 11.0. The summed E-state index contributed by atoms with van der Waals surface area (Å²) in [6.45, 7) is -3.55. The summed E-state index contributed by atoms with van der Waals surface area (Å²) in [5, 5.41) is 12.4. The Labute approximate surface area is 373 Å². The fourth-order valence-corrected chi connectivity index (χ4v) is 15.2. The first-order valence-electron chi connectivity index (χ1n) is 21.5. The normalized spacial score (nSPS) is 12.2. The van der Waals surface area contributed by atoms with Gasteiger partial charge < -0.3 is 0 Å². The molecule has 0 saturated carbocycles. The molecule has 0 bridgehead atoms. The van der Waals surface area contributed by atoms with E-state index in [9.17, 15) is 5.02 Å². The van der Waals surface area contributed by atoms with E-state index in [0.717, 1.165) is 51.7 Å². The Morgan fingerprint density at radius 1 is 0.413 bits per heavy atom. The van der Waals surface area contributed by atoms with Gasteiger partial charge in [-0.25, -0.2) is 0 Å². The van der Waals surface area contributed by atoms with E-state index in [1.807, 2.05) is 48.5 Å². The summed E-state index contributed by atoms with van der Waals surface area (Å²) in [4.78, 5) is 0. The van der Waals surface area contributed by atoms with Crippen molar-refractivity contribution in [2.75, 3.05) is 35.0 Å². The van der Waals surface area contributed by atoms with Crippen molar-refractivity contribution < 1.29 is 33.1 Å². The molecule has 0 spiro atoms. The van der Waals surface area contributed by atoms with Gasteiger partial charge in [-0.05, 0) is 0 Å². The second-order valence-electron chi connectivity index (χ2n) is 16.3. The van der Waals surface area contributed by atoms with E-state index in [0.29, 0.717) is 31.1 Å². The van der Waals surface area contributed by atoms with E-state index >= 15 is 0 Å². The molecule has 63 heavy (non-hydrogen) atoms. The van der Waals surface area contributed by atoms with Crippen LogP contribution in [-0.2, 0) is 39.2 Å². The zero-order valence-electron chi connectivity index (χ0n) is 36.8. The average Bonchev–Trinajstić information content (AvgIpc) is 3.33. The first-order chi connectivity index (χ1) is 30.8. The van der Waals surface area contributed by atoms with Crippen LogP contribution < -0.4 is 18.9 Å². The predicted octanol–water partition coefficient (Wildman–Crippen LogP) is 12.1. The van der Waals surface area contributed by atoms with Gasteiger partial charge in [0.15, 0.2) is 0 Å². The molecule has 0 atom stereocenters. The summed E-state index contributed by atoms with van der Waals surface area (Å²) in [6, 6.07) is 64.7. The number of ether oxygens (including phenoxy) is 4. The van der Waals surface area contributed by atoms with Gasteiger partial charge in [0.05, 0.1) is 0 Å². The maximum absolute atomic E-state index is 12.4. The molecule has 0 aliphatic rings. The van der Waals surface area contributed by atoms with Gasteiger partial charge in [-0.2, -0.15) is 0 Å². The Balaban J connectivity index is 1.30. The molecule has 0 aliphatic carbocycles. The van der Waals surface area contributed by atoms with Crippen LogP contribution >= 0.6 is 6.83 Å². The van der Waals surface area contributed by atoms with Crippen LogP contribution in [0.3, 0.4) is 0 Å². The quantitative estimate of drug-likeness (QED) is 0.0315. The molecule has 324 valence electrons. The second kappa shape index (κ2) is 21.0. The molecule has 7 aromatic rings. The van der Waals surface area contributed by atoms with Crippen LogP contribution in [0, 0.1) is 0 Å². The van der Waals surface area contributed by atoms with Gasteiger partial charge in [0.2, 0.25) is 0 Å². The van der Waals surface area contributed by atoms with Crippen molar-refractivity contribution in [2.24, 2.45) is 0 Å². The summed E-state index contributed by atoms with van der Waals surface area (Å²) < 4.78 is 36.4. The minimum atomic E-state index is -3.81. The molecule has 0 unspecified atom stereocenters. The summed E-state index contributed by atoms with van der Waals surface area (Å²) in [7, 11) is 5.16. The average molecular weight is 861 g/mol. The van der Waals surface area contributed by atoms with Crippen LogP contribution in [0.1, 0.15) is 51.8 Å². The monoisotopic (exact) mass is 860 g/mol. The van der Waals surface area contributed by atoms with Crippen molar-refractivity contribution in [3.05, 3.63) is 227 Å². The zero-order valence-corrected chi connectivity index (χ0v) is 37.7. The summed E-state index contributed by atoms with van der Waals surface area (Å²) in [5.41, 5.74) is 7.39. The van der Waals surface area contributed by atoms with Crippen LogP contribution in [0.5, 0.6) is 23.0 Å². The van der Waals surface area contributed by atoms with Crippen LogP contribution in [0.4, 0.5) is 0 Å². The number of methoxy groups -OCH3 is 4. The van der Waals surface area contributed by atoms with Crippen molar-refractivity contribution in [1.82, 2.24) is 0 Å². The van der Waals surface area contributed by atoms with Gasteiger partial charge in [0.25, 0.3) is 0 Å². The van der Waals surface area contributed by atoms with Crippen molar-refractivity contribution in [3.8, 4) is 23.0 Å². The molecule has 9 heteroatoms. The fourth-order valence-electron chi connectivity index (χ4n) is 9.16. The van der Waals surface area contributed by atoms with Crippen molar-refractivity contribution in [1.29, 1.82) is 0 Å². The maximum atomic E-state index is 12.4. The summed E-state index contributed by atoms with van der Waals surface area (Å²) in [6.07, 6.45) is 3.54. The molecule has 0 aliphatic heterocycles. The molecule has 0 amide bonds. The molecule has 7 nitrogen and oxygen atoms in total.